The number of aliphatic carboxylic acids is 1. The van der Waals surface area contributed by atoms with Crippen molar-refractivity contribution in [3.05, 3.63) is 150 Å². The predicted octanol–water partition coefficient (Wildman–Crippen LogP) is -5.08. The fourth-order valence-electron chi connectivity index (χ4n) is 14.2. The standard InChI is InChI=1S/C87H115N21O22S/c1-46(109)73-85(128)104-65(41-53-44-95-56-18-10-9-17-55(53)56)81(124)98-57(25-28-68(90)111)75(118)105-67(45-131-36-31-60(77(120)97-58(78(121)107-73)26-29-69(91)112)99-79(122)62(96-47(2)110)38-48-13-5-4-6-14-48)83(126)101-63(39-49-20-23-54(24-21-49)130-35-34-89)80(123)102-64(40-50-19-22-51-15-7-8-16-52(51)37-50)84(127)108-87(3,32-11-12-33-88)86(129)106-59(27-30-72(115)116)76(119)103-66(43-71(93)114)82(125)100-61(74(94)117)42-70(92)113/h4-10,13-24,37,44,46,57-67,73,95,109H,11-12,25-36,38-43,45,88-89H2,1-3H3,(H2,90,111)(H2,91,112)(H2,92,113)(H2,93,114)(H2,94,117)(H,96,110)(H,97,120)(H,98,124)(H,99,122)(H,100,125)(H,101,126)(H,102,123)(H,103,119)(H,104,128)(H,105,118)(H,106,129)(H,107,121)(H,108,127)(H,115,116)/t46-,57+,58+,59+,60+,61+,62+,63+,64+,65+,66+,67+,73+,87+/m1/s1. The lowest BCUT2D eigenvalue weighted by molar-refractivity contribution is -0.140. The lowest BCUT2D eigenvalue weighted by atomic mass is 9.91. The van der Waals surface area contributed by atoms with E-state index in [1.165, 1.54) is 37.4 Å². The van der Waals surface area contributed by atoms with E-state index in [4.69, 9.17) is 44.9 Å². The van der Waals surface area contributed by atoms with Gasteiger partial charge in [-0.15, -0.1) is 0 Å². The molecule has 1 aromatic heterocycles. The smallest absolute Gasteiger partial charge is 0.303 e. The molecule has 5 aromatic carbocycles. The maximum atomic E-state index is 15.9. The summed E-state index contributed by atoms with van der Waals surface area (Å²) in [5.41, 5.74) is 39.2. The first-order valence-electron chi connectivity index (χ1n) is 42.3. The SMILES string of the molecule is CC(=O)N[C@@H](Cc1ccccc1)C(=O)N[C@H]1CCSC[C@@H](C(=O)N[C@@H](Cc2ccc(OCCN)cc2)C(=O)N[C@@H](Cc2ccc3ccccc3c2)C(=O)N[C@@](C)(CCCCN)C(=O)N[C@@H](CCC(=O)O)C(=O)N[C@@H](CC(N)=O)C(=O)N[C@@H](CC(N)=O)C(N)=O)NC(=O)[C@H](CCC(N)=O)NC(=O)[C@H](Cc2c[nH]c3ccccc23)NC(=O)[C@H]([C@@H](C)O)NC(=O)[C@H](CCC(N)=O)NC1=O. The van der Waals surface area contributed by atoms with Crippen LogP contribution in [0.1, 0.15) is 120 Å². The van der Waals surface area contributed by atoms with Gasteiger partial charge in [-0.25, -0.2) is 0 Å². The summed E-state index contributed by atoms with van der Waals surface area (Å²) < 4.78 is 5.74. The molecule has 18 amide bonds. The highest BCUT2D eigenvalue weighted by Gasteiger charge is 2.43. The van der Waals surface area contributed by atoms with Crippen molar-refractivity contribution in [3.8, 4) is 5.75 Å². The number of primary amides is 5. The van der Waals surface area contributed by atoms with Crippen LogP contribution in [0.4, 0.5) is 0 Å². The maximum Gasteiger partial charge on any atom is 0.303 e. The number of H-pyrrole nitrogens is 1. The van der Waals surface area contributed by atoms with E-state index < -0.39 is 273 Å². The van der Waals surface area contributed by atoms with E-state index in [1.807, 2.05) is 0 Å². The minimum atomic E-state index is -2.17. The minimum absolute atomic E-state index is 0.0458. The Bertz CT molecular complexity index is 5100. The third-order valence-corrected chi connectivity index (χ3v) is 22.3. The molecule has 1 saturated heterocycles. The molecule has 7 rings (SSSR count). The van der Waals surface area contributed by atoms with E-state index in [0.717, 1.165) is 31.0 Å². The van der Waals surface area contributed by atoms with Crippen LogP contribution in [-0.2, 0) is 117 Å². The van der Waals surface area contributed by atoms with E-state index >= 15 is 33.6 Å². The molecule has 0 spiro atoms. The van der Waals surface area contributed by atoms with E-state index in [2.05, 4.69) is 74.1 Å². The monoisotopic (exact) mass is 1840 g/mol. The first-order chi connectivity index (χ1) is 62.2. The zero-order valence-electron chi connectivity index (χ0n) is 72.5. The molecule has 43 nitrogen and oxygen atoms in total. The normalized spacial score (nSPS) is 18.5. The molecule has 1 fully saturated rings. The number of nitrogens with two attached hydrogens (primary N) is 7. The predicted molar refractivity (Wildman–Crippen MR) is 477 cm³/mol. The van der Waals surface area contributed by atoms with E-state index in [-0.39, 0.29) is 57.6 Å². The summed E-state index contributed by atoms with van der Waals surface area (Å²) in [5.74, 6) is -21.9. The van der Waals surface area contributed by atoms with Gasteiger partial charge in [0.05, 0.1) is 18.9 Å². The average molecular weight is 1840 g/mol. The van der Waals surface area contributed by atoms with Gasteiger partial charge < -0.3 is 129 Å². The molecule has 1 aliphatic heterocycles. The van der Waals surface area contributed by atoms with Gasteiger partial charge in [0.15, 0.2) is 0 Å². The highest BCUT2D eigenvalue weighted by Crippen LogP contribution is 2.24. The second kappa shape index (κ2) is 51.2. The molecule has 0 saturated carbocycles. The van der Waals surface area contributed by atoms with Crippen molar-refractivity contribution in [2.75, 3.05) is 31.2 Å². The second-order valence-electron chi connectivity index (χ2n) is 31.8. The zero-order chi connectivity index (χ0) is 96.2. The van der Waals surface area contributed by atoms with Crippen molar-refractivity contribution in [1.29, 1.82) is 0 Å². The molecular weight excluding hydrogens is 1720 g/mol. The van der Waals surface area contributed by atoms with Crippen LogP contribution in [0.25, 0.3) is 21.7 Å². The van der Waals surface area contributed by atoms with Gasteiger partial charge in [0, 0.05) is 81.3 Å². The molecule has 44 heteroatoms. The van der Waals surface area contributed by atoms with Crippen molar-refractivity contribution in [2.45, 2.75) is 208 Å². The van der Waals surface area contributed by atoms with Crippen LogP contribution in [0.2, 0.25) is 0 Å². The number of benzene rings is 5. The Morgan fingerprint density at radius 1 is 0.534 bits per heavy atom. The molecule has 0 unspecified atom stereocenters. The largest absolute Gasteiger partial charge is 0.492 e. The van der Waals surface area contributed by atoms with Crippen molar-refractivity contribution in [3.63, 3.8) is 0 Å². The zero-order valence-corrected chi connectivity index (χ0v) is 73.3. The molecule has 0 bridgehead atoms. The number of ether oxygens (including phenoxy) is 1. The number of carbonyl (C=O) groups excluding carboxylic acids is 18. The molecule has 2 heterocycles. The van der Waals surface area contributed by atoms with Gasteiger partial charge in [-0.3, -0.25) is 91.1 Å². The van der Waals surface area contributed by atoms with Crippen molar-refractivity contribution >= 4 is 146 Å². The summed E-state index contributed by atoms with van der Waals surface area (Å²) >= 11 is 0.854. The summed E-state index contributed by atoms with van der Waals surface area (Å²) in [6.45, 7) is 3.75. The van der Waals surface area contributed by atoms with Crippen LogP contribution in [0.15, 0.2) is 128 Å². The number of fused-ring (bicyclic) bond motifs is 2. The fourth-order valence-corrected chi connectivity index (χ4v) is 15.2. The van der Waals surface area contributed by atoms with Crippen LogP contribution in [0.5, 0.6) is 5.75 Å². The number of carboxylic acid groups (broad SMARTS) is 1. The van der Waals surface area contributed by atoms with Crippen LogP contribution >= 0.6 is 11.8 Å². The van der Waals surface area contributed by atoms with E-state index in [0.29, 0.717) is 44.3 Å². The Hall–Kier alpha value is -14.1. The number of aliphatic hydroxyl groups is 1. The number of thioether (sulfide) groups is 1. The molecule has 0 radical (unpaired) electrons. The number of carboxylic acids is 1. The molecule has 0 aliphatic carbocycles. The number of rotatable bonds is 45. The first kappa shape index (κ1) is 104. The van der Waals surface area contributed by atoms with Gasteiger partial charge in [-0.2, -0.15) is 11.8 Å². The molecule has 131 heavy (non-hydrogen) atoms. The number of hydrogen-bond acceptors (Lipinski definition) is 24. The van der Waals surface area contributed by atoms with Crippen LogP contribution in [0, 0.1) is 0 Å². The van der Waals surface area contributed by atoms with Crippen LogP contribution in [0.3, 0.4) is 0 Å². The number of aromatic amines is 1. The molecule has 1 aliphatic rings. The Balaban J connectivity index is 1.35. The van der Waals surface area contributed by atoms with Crippen molar-refractivity contribution in [2.24, 2.45) is 40.1 Å². The number of hydrogen-bond donors (Lipinski definition) is 23. The summed E-state index contributed by atoms with van der Waals surface area (Å²) in [7, 11) is 0. The Morgan fingerprint density at radius 2 is 1.08 bits per heavy atom. The highest BCUT2D eigenvalue weighted by atomic mass is 32.2. The first-order valence-corrected chi connectivity index (χ1v) is 43.4. The van der Waals surface area contributed by atoms with Gasteiger partial charge in [-0.1, -0.05) is 103 Å². The lowest BCUT2D eigenvalue weighted by Gasteiger charge is -2.34. The minimum Gasteiger partial charge on any atom is -0.492 e. The topological polar surface area (TPSA) is 728 Å². The number of amides is 18. The van der Waals surface area contributed by atoms with Crippen molar-refractivity contribution < 1.29 is 106 Å². The number of unbranched alkanes of at least 4 members (excludes halogenated alkanes) is 1. The Morgan fingerprint density at radius 3 is 1.69 bits per heavy atom. The summed E-state index contributed by atoms with van der Waals surface area (Å²) in [4.78, 5) is 270. The molecule has 6 aromatic rings. The van der Waals surface area contributed by atoms with Gasteiger partial charge in [0.2, 0.25) is 106 Å². The molecule has 706 valence electrons. The van der Waals surface area contributed by atoms with E-state index in [9.17, 15) is 67.7 Å². The molecule has 14 atom stereocenters. The third-order valence-electron chi connectivity index (χ3n) is 21.2. The Labute approximate surface area is 756 Å². The number of aliphatic hydroxyl groups excluding tert-OH is 1. The Kier molecular flexibility index (Phi) is 40.6. The number of nitrogens with one attached hydrogen (secondary N) is 14. The van der Waals surface area contributed by atoms with Gasteiger partial charge in [0.1, 0.15) is 90.4 Å². The number of para-hydroxylation sites is 1. The van der Waals surface area contributed by atoms with Gasteiger partial charge >= 0.3 is 5.97 Å². The summed E-state index contributed by atoms with van der Waals surface area (Å²) in [6, 6.07) is 12.0. The van der Waals surface area contributed by atoms with Gasteiger partial charge in [0.25, 0.3) is 0 Å². The molecule has 30 N–H and O–H groups in total. The highest BCUT2D eigenvalue weighted by molar-refractivity contribution is 7.99. The quantitative estimate of drug-likeness (QED) is 0.0159. The number of aromatic nitrogens is 1. The fraction of sp³-hybridized carbons (Fsp3) is 0.437. The lowest BCUT2D eigenvalue weighted by Crippen LogP contribution is -2.64. The summed E-state index contributed by atoms with van der Waals surface area (Å²) in [5, 5.41) is 56.0. The third kappa shape index (κ3) is 33.8. The maximum absolute atomic E-state index is 15.9. The summed E-state index contributed by atoms with van der Waals surface area (Å²) in [6.07, 6.45) is -7.70. The molecular formula is C87H115N21O22S. The number of carbonyl (C=O) groups is 19. The van der Waals surface area contributed by atoms with Gasteiger partial charge in [-0.05, 0) is 122 Å². The van der Waals surface area contributed by atoms with Crippen LogP contribution in [-0.4, -0.2) is 243 Å². The average Bonchev–Trinajstić information content (AvgIpc) is 1.72. The van der Waals surface area contributed by atoms with Crippen LogP contribution < -0.4 is 114 Å². The second-order valence-corrected chi connectivity index (χ2v) is 32.9. The van der Waals surface area contributed by atoms with Crippen molar-refractivity contribution in [1.82, 2.24) is 74.1 Å². The van der Waals surface area contributed by atoms with E-state index in [1.54, 1.807) is 97.1 Å².